The number of nitrogens with zero attached hydrogens (tertiary/aromatic N) is 2. The van der Waals surface area contributed by atoms with Crippen molar-refractivity contribution in [3.05, 3.63) is 15.6 Å². The van der Waals surface area contributed by atoms with Gasteiger partial charge in [0, 0.05) is 38.0 Å². The average molecular weight is 468 g/mol. The summed E-state index contributed by atoms with van der Waals surface area (Å²) in [7, 11) is 1.79. The van der Waals surface area contributed by atoms with Crippen LogP contribution in [0.15, 0.2) is 4.99 Å². The molecule has 1 heterocycles. The fourth-order valence-electron chi connectivity index (χ4n) is 2.09. The van der Waals surface area contributed by atoms with Gasteiger partial charge in [0.2, 0.25) is 0 Å². The highest BCUT2D eigenvalue weighted by Crippen LogP contribution is 2.17. The van der Waals surface area contributed by atoms with Gasteiger partial charge in [-0.25, -0.2) is 4.98 Å². The molecule has 0 fully saturated rings. The number of nitrogens with one attached hydrogen (secondary N) is 2. The largest absolute Gasteiger partial charge is 0.380 e. The molecule has 0 aliphatic carbocycles. The van der Waals surface area contributed by atoms with Gasteiger partial charge in [-0.3, -0.25) is 4.99 Å². The van der Waals surface area contributed by atoms with Crippen molar-refractivity contribution in [3.63, 3.8) is 0 Å². The standard InChI is InChI=1S/C17H32N4OS.HI/c1-6-15-14(4)23-16(21-15)7-9-19-17(18-5)20-10-12-22-11-8-13(2)3;/h13H,6-12H2,1-5H3,(H2,18,19,20);1H. The van der Waals surface area contributed by atoms with Gasteiger partial charge in [0.25, 0.3) is 0 Å². The molecule has 140 valence electrons. The summed E-state index contributed by atoms with van der Waals surface area (Å²) < 4.78 is 5.59. The molecule has 5 nitrogen and oxygen atoms in total. The van der Waals surface area contributed by atoms with E-state index in [0.717, 1.165) is 44.9 Å². The van der Waals surface area contributed by atoms with Crippen molar-refractivity contribution in [2.24, 2.45) is 10.9 Å². The van der Waals surface area contributed by atoms with Gasteiger partial charge >= 0.3 is 0 Å². The Morgan fingerprint density at radius 3 is 2.54 bits per heavy atom. The van der Waals surface area contributed by atoms with Crippen LogP contribution in [0.1, 0.15) is 42.8 Å². The van der Waals surface area contributed by atoms with Crippen molar-refractivity contribution in [3.8, 4) is 0 Å². The van der Waals surface area contributed by atoms with E-state index in [2.05, 4.69) is 48.3 Å². The lowest BCUT2D eigenvalue weighted by molar-refractivity contribution is 0.128. The first kappa shape index (κ1) is 23.6. The molecule has 0 aliphatic heterocycles. The van der Waals surface area contributed by atoms with Gasteiger partial charge in [0.1, 0.15) is 0 Å². The molecule has 0 spiro atoms. The summed E-state index contributed by atoms with van der Waals surface area (Å²) in [5.41, 5.74) is 1.23. The van der Waals surface area contributed by atoms with Crippen LogP contribution in [0.2, 0.25) is 0 Å². The maximum atomic E-state index is 5.59. The van der Waals surface area contributed by atoms with Crippen LogP contribution in [0.3, 0.4) is 0 Å². The van der Waals surface area contributed by atoms with Crippen LogP contribution < -0.4 is 10.6 Å². The zero-order chi connectivity index (χ0) is 17.1. The summed E-state index contributed by atoms with van der Waals surface area (Å²) in [5, 5.41) is 7.79. The van der Waals surface area contributed by atoms with E-state index in [0.29, 0.717) is 12.5 Å². The molecule has 1 rings (SSSR count). The Labute approximate surface area is 168 Å². The van der Waals surface area contributed by atoms with Crippen LogP contribution in [0.5, 0.6) is 0 Å². The predicted octanol–water partition coefficient (Wildman–Crippen LogP) is 3.40. The molecule has 0 amide bonds. The van der Waals surface area contributed by atoms with Crippen molar-refractivity contribution in [2.75, 3.05) is 33.4 Å². The number of hydrogen-bond donors (Lipinski definition) is 2. The lowest BCUT2D eigenvalue weighted by Gasteiger charge is -2.12. The summed E-state index contributed by atoms with van der Waals surface area (Å²) in [6, 6.07) is 0. The normalized spacial score (nSPS) is 11.5. The molecule has 7 heteroatoms. The summed E-state index contributed by atoms with van der Waals surface area (Å²) >= 11 is 1.80. The molecular weight excluding hydrogens is 435 g/mol. The molecule has 2 N–H and O–H groups in total. The molecule has 0 saturated heterocycles. The minimum Gasteiger partial charge on any atom is -0.380 e. The van der Waals surface area contributed by atoms with Crippen LogP contribution in [0.4, 0.5) is 0 Å². The Morgan fingerprint density at radius 1 is 1.25 bits per heavy atom. The van der Waals surface area contributed by atoms with Crippen LogP contribution in [0.25, 0.3) is 0 Å². The maximum Gasteiger partial charge on any atom is 0.191 e. The number of guanidine groups is 1. The quantitative estimate of drug-likeness (QED) is 0.239. The Balaban J connectivity index is 0.00000529. The van der Waals surface area contributed by atoms with Gasteiger partial charge in [-0.2, -0.15) is 0 Å². The third-order valence-corrected chi connectivity index (χ3v) is 4.58. The monoisotopic (exact) mass is 468 g/mol. The lowest BCUT2D eigenvalue weighted by atomic mass is 10.1. The summed E-state index contributed by atoms with van der Waals surface area (Å²) in [6.07, 6.45) is 3.05. The van der Waals surface area contributed by atoms with Gasteiger partial charge in [0.05, 0.1) is 17.3 Å². The Morgan fingerprint density at radius 2 is 1.96 bits per heavy atom. The minimum atomic E-state index is 0. The molecular formula is C17H33IN4OS. The van der Waals surface area contributed by atoms with Crippen LogP contribution in [-0.4, -0.2) is 44.3 Å². The number of thiazole rings is 1. The van der Waals surface area contributed by atoms with Gasteiger partial charge in [0.15, 0.2) is 5.96 Å². The van der Waals surface area contributed by atoms with E-state index in [1.807, 2.05) is 0 Å². The highest BCUT2D eigenvalue weighted by Gasteiger charge is 2.06. The van der Waals surface area contributed by atoms with Gasteiger partial charge in [-0.15, -0.1) is 35.3 Å². The molecule has 24 heavy (non-hydrogen) atoms. The Kier molecular flexibility index (Phi) is 13.6. The molecule has 0 saturated carbocycles. The number of aliphatic imine (C=N–C) groups is 1. The maximum absolute atomic E-state index is 5.59. The van der Waals surface area contributed by atoms with Gasteiger partial charge < -0.3 is 15.4 Å². The number of rotatable bonds is 10. The van der Waals surface area contributed by atoms with Crippen molar-refractivity contribution in [1.82, 2.24) is 15.6 Å². The van der Waals surface area contributed by atoms with E-state index in [-0.39, 0.29) is 24.0 Å². The molecule has 0 unspecified atom stereocenters. The second kappa shape index (κ2) is 13.8. The fourth-order valence-corrected chi connectivity index (χ4v) is 3.11. The third kappa shape index (κ3) is 9.78. The molecule has 0 bridgehead atoms. The van der Waals surface area contributed by atoms with Crippen LogP contribution in [-0.2, 0) is 17.6 Å². The highest BCUT2D eigenvalue weighted by atomic mass is 127. The van der Waals surface area contributed by atoms with E-state index >= 15 is 0 Å². The summed E-state index contributed by atoms with van der Waals surface area (Å²) in [6.45, 7) is 11.9. The molecule has 1 aromatic rings. The van der Waals surface area contributed by atoms with Crippen LogP contribution in [0, 0.1) is 12.8 Å². The lowest BCUT2D eigenvalue weighted by Crippen LogP contribution is -2.39. The highest BCUT2D eigenvalue weighted by molar-refractivity contribution is 14.0. The van der Waals surface area contributed by atoms with E-state index in [4.69, 9.17) is 4.74 Å². The molecule has 0 aliphatic rings. The van der Waals surface area contributed by atoms with E-state index < -0.39 is 0 Å². The first-order chi connectivity index (χ1) is 11.1. The van der Waals surface area contributed by atoms with E-state index in [9.17, 15) is 0 Å². The molecule has 0 aromatic carbocycles. The van der Waals surface area contributed by atoms with Crippen molar-refractivity contribution in [2.45, 2.75) is 47.0 Å². The fraction of sp³-hybridized carbons (Fsp3) is 0.765. The van der Waals surface area contributed by atoms with Crippen molar-refractivity contribution in [1.29, 1.82) is 0 Å². The number of hydrogen-bond acceptors (Lipinski definition) is 4. The number of aromatic nitrogens is 1. The zero-order valence-corrected chi connectivity index (χ0v) is 18.8. The van der Waals surface area contributed by atoms with Crippen LogP contribution >= 0.6 is 35.3 Å². The van der Waals surface area contributed by atoms with E-state index in [1.165, 1.54) is 15.6 Å². The number of aryl methyl sites for hydroxylation is 2. The summed E-state index contributed by atoms with van der Waals surface area (Å²) in [5.74, 6) is 1.52. The van der Waals surface area contributed by atoms with Crippen molar-refractivity contribution < 1.29 is 4.74 Å². The Hall–Kier alpha value is -0.410. The second-order valence-corrected chi connectivity index (χ2v) is 7.22. The SMILES string of the molecule is CCc1nc(CCNC(=NC)NCCOCCC(C)C)sc1C.I. The molecule has 1 aromatic heterocycles. The first-order valence-electron chi connectivity index (χ1n) is 8.54. The number of halogens is 1. The smallest absolute Gasteiger partial charge is 0.191 e. The summed E-state index contributed by atoms with van der Waals surface area (Å²) in [4.78, 5) is 10.2. The minimum absolute atomic E-state index is 0. The predicted molar refractivity (Wildman–Crippen MR) is 115 cm³/mol. The van der Waals surface area contributed by atoms with Crippen molar-refractivity contribution >= 4 is 41.3 Å². The third-order valence-electron chi connectivity index (χ3n) is 3.51. The second-order valence-electron chi connectivity index (χ2n) is 5.93. The van der Waals surface area contributed by atoms with E-state index in [1.54, 1.807) is 18.4 Å². The zero-order valence-electron chi connectivity index (χ0n) is 15.6. The molecule has 0 radical (unpaired) electrons. The average Bonchev–Trinajstić information content (AvgIpc) is 2.88. The van der Waals surface area contributed by atoms with Gasteiger partial charge in [-0.05, 0) is 25.7 Å². The number of ether oxygens (including phenoxy) is 1. The first-order valence-corrected chi connectivity index (χ1v) is 9.35. The molecule has 0 atom stereocenters. The Bertz CT molecular complexity index is 477. The topological polar surface area (TPSA) is 58.5 Å². The van der Waals surface area contributed by atoms with Gasteiger partial charge in [-0.1, -0.05) is 20.8 Å².